The molecule has 5 nitrogen and oxygen atoms in total. The van der Waals surface area contributed by atoms with Gasteiger partial charge in [0.05, 0.1) is 11.4 Å². The first-order chi connectivity index (χ1) is 11.5. The van der Waals surface area contributed by atoms with E-state index in [1.807, 2.05) is 0 Å². The molecule has 1 aliphatic heterocycles. The number of halogens is 1. The van der Waals surface area contributed by atoms with Crippen molar-refractivity contribution in [1.82, 2.24) is 0 Å². The van der Waals surface area contributed by atoms with E-state index < -0.39 is 17.6 Å². The Morgan fingerprint density at radius 3 is 2.46 bits per heavy atom. The van der Waals surface area contributed by atoms with Crippen molar-refractivity contribution in [3.05, 3.63) is 59.4 Å². The standard InChI is InChI=1S/C18H18FN3O2/c19-14-5-3-4-13(10-14)18(24)21-15-11-12(17(20)23)6-7-16(15)22-8-1-2-9-22/h3-7,10-11H,1-2,8-9H2,(H2,20,23)(H,21,24). The summed E-state index contributed by atoms with van der Waals surface area (Å²) in [7, 11) is 0. The number of hydrogen-bond acceptors (Lipinski definition) is 3. The van der Waals surface area contributed by atoms with Crippen LogP contribution >= 0.6 is 0 Å². The Morgan fingerprint density at radius 2 is 1.79 bits per heavy atom. The maximum absolute atomic E-state index is 13.3. The van der Waals surface area contributed by atoms with Crippen LogP contribution in [0.2, 0.25) is 0 Å². The number of nitrogens with one attached hydrogen (secondary N) is 1. The highest BCUT2D eigenvalue weighted by Crippen LogP contribution is 2.30. The molecule has 1 fully saturated rings. The average Bonchev–Trinajstić information content (AvgIpc) is 3.09. The van der Waals surface area contributed by atoms with Crippen LogP contribution in [0.5, 0.6) is 0 Å². The van der Waals surface area contributed by atoms with Gasteiger partial charge in [-0.1, -0.05) is 6.07 Å². The zero-order valence-electron chi connectivity index (χ0n) is 13.1. The first kappa shape index (κ1) is 16.0. The molecule has 3 rings (SSSR count). The van der Waals surface area contributed by atoms with Crippen LogP contribution < -0.4 is 16.0 Å². The Bertz CT molecular complexity index is 786. The van der Waals surface area contributed by atoms with Crippen molar-refractivity contribution >= 4 is 23.2 Å². The van der Waals surface area contributed by atoms with Crippen LogP contribution in [0.15, 0.2) is 42.5 Å². The summed E-state index contributed by atoms with van der Waals surface area (Å²) in [5.41, 5.74) is 7.20. The lowest BCUT2D eigenvalue weighted by molar-refractivity contribution is 0.0996. The maximum Gasteiger partial charge on any atom is 0.255 e. The van der Waals surface area contributed by atoms with Gasteiger partial charge in [-0.2, -0.15) is 0 Å². The van der Waals surface area contributed by atoms with E-state index in [1.165, 1.54) is 24.3 Å². The van der Waals surface area contributed by atoms with Gasteiger partial charge < -0.3 is 16.0 Å². The predicted octanol–water partition coefficient (Wildman–Crippen LogP) is 2.78. The molecule has 0 bridgehead atoms. The molecule has 0 atom stereocenters. The van der Waals surface area contributed by atoms with E-state index in [-0.39, 0.29) is 5.56 Å². The van der Waals surface area contributed by atoms with Gasteiger partial charge in [-0.3, -0.25) is 9.59 Å². The Kier molecular flexibility index (Phi) is 4.46. The fourth-order valence-electron chi connectivity index (χ4n) is 2.85. The Labute approximate surface area is 139 Å². The van der Waals surface area contributed by atoms with E-state index in [4.69, 9.17) is 5.73 Å². The second kappa shape index (κ2) is 6.70. The molecule has 0 aromatic heterocycles. The second-order valence-electron chi connectivity index (χ2n) is 5.75. The SMILES string of the molecule is NC(=O)c1ccc(N2CCCC2)c(NC(=O)c2cccc(F)c2)c1. The molecule has 0 spiro atoms. The maximum atomic E-state index is 13.3. The molecule has 2 aromatic rings. The Morgan fingerprint density at radius 1 is 1.04 bits per heavy atom. The van der Waals surface area contributed by atoms with Crippen molar-refractivity contribution < 1.29 is 14.0 Å². The van der Waals surface area contributed by atoms with E-state index >= 15 is 0 Å². The van der Waals surface area contributed by atoms with Gasteiger partial charge in [0.2, 0.25) is 5.91 Å². The van der Waals surface area contributed by atoms with Gasteiger partial charge in [0.1, 0.15) is 5.82 Å². The number of primary amides is 1. The first-order valence-corrected chi connectivity index (χ1v) is 7.80. The highest BCUT2D eigenvalue weighted by Gasteiger charge is 2.19. The summed E-state index contributed by atoms with van der Waals surface area (Å²) in [6, 6.07) is 10.5. The van der Waals surface area contributed by atoms with E-state index in [0.717, 1.165) is 31.6 Å². The Balaban J connectivity index is 1.93. The number of carbonyl (C=O) groups excluding carboxylic acids is 2. The van der Waals surface area contributed by atoms with Crippen LogP contribution in [-0.4, -0.2) is 24.9 Å². The molecule has 1 saturated heterocycles. The zero-order valence-corrected chi connectivity index (χ0v) is 13.1. The number of benzene rings is 2. The van der Waals surface area contributed by atoms with Gasteiger partial charge in [-0.15, -0.1) is 0 Å². The zero-order chi connectivity index (χ0) is 17.1. The second-order valence-corrected chi connectivity index (χ2v) is 5.75. The third kappa shape index (κ3) is 3.37. The molecule has 3 N–H and O–H groups in total. The van der Waals surface area contributed by atoms with Crippen molar-refractivity contribution in [2.45, 2.75) is 12.8 Å². The summed E-state index contributed by atoms with van der Waals surface area (Å²) in [4.78, 5) is 26.0. The smallest absolute Gasteiger partial charge is 0.255 e. The first-order valence-electron chi connectivity index (χ1n) is 7.80. The van der Waals surface area contributed by atoms with Crippen molar-refractivity contribution in [3.8, 4) is 0 Å². The molecule has 2 amide bonds. The summed E-state index contributed by atoms with van der Waals surface area (Å²) in [6.45, 7) is 1.78. The van der Waals surface area contributed by atoms with Gasteiger partial charge in [-0.25, -0.2) is 4.39 Å². The van der Waals surface area contributed by atoms with Crippen LogP contribution in [0.3, 0.4) is 0 Å². The number of rotatable bonds is 4. The normalized spacial score (nSPS) is 13.8. The van der Waals surface area contributed by atoms with E-state index in [9.17, 15) is 14.0 Å². The molecular formula is C18H18FN3O2. The quantitative estimate of drug-likeness (QED) is 0.906. The number of hydrogen-bond donors (Lipinski definition) is 2. The third-order valence-corrected chi connectivity index (χ3v) is 4.06. The van der Waals surface area contributed by atoms with Gasteiger partial charge in [0.15, 0.2) is 0 Å². The third-order valence-electron chi connectivity index (χ3n) is 4.06. The molecule has 0 saturated carbocycles. The van der Waals surface area contributed by atoms with Crippen LogP contribution in [0.4, 0.5) is 15.8 Å². The number of amides is 2. The topological polar surface area (TPSA) is 75.4 Å². The minimum Gasteiger partial charge on any atom is -0.370 e. The van der Waals surface area contributed by atoms with Crippen LogP contribution in [0.25, 0.3) is 0 Å². The van der Waals surface area contributed by atoms with Crippen molar-refractivity contribution in [3.63, 3.8) is 0 Å². The number of nitrogens with zero attached hydrogens (tertiary/aromatic N) is 1. The summed E-state index contributed by atoms with van der Waals surface area (Å²) < 4.78 is 13.3. The number of nitrogens with two attached hydrogens (primary N) is 1. The van der Waals surface area contributed by atoms with E-state index in [2.05, 4.69) is 10.2 Å². The summed E-state index contributed by atoms with van der Waals surface area (Å²) in [5, 5.41) is 2.77. The van der Waals surface area contributed by atoms with Gasteiger partial charge in [0.25, 0.3) is 5.91 Å². The van der Waals surface area contributed by atoms with Crippen LogP contribution in [0, 0.1) is 5.82 Å². The molecule has 0 aliphatic carbocycles. The van der Waals surface area contributed by atoms with Crippen molar-refractivity contribution in [2.24, 2.45) is 5.73 Å². The van der Waals surface area contributed by atoms with Crippen molar-refractivity contribution in [1.29, 1.82) is 0 Å². The van der Waals surface area contributed by atoms with Gasteiger partial charge in [-0.05, 0) is 49.2 Å². The van der Waals surface area contributed by atoms with Gasteiger partial charge in [0, 0.05) is 24.2 Å². The summed E-state index contributed by atoms with van der Waals surface area (Å²) >= 11 is 0. The molecule has 1 heterocycles. The molecule has 124 valence electrons. The largest absolute Gasteiger partial charge is 0.370 e. The Hall–Kier alpha value is -2.89. The average molecular weight is 327 g/mol. The van der Waals surface area contributed by atoms with E-state index in [0.29, 0.717) is 11.3 Å². The number of carbonyl (C=O) groups is 2. The minimum atomic E-state index is -0.566. The fourth-order valence-corrected chi connectivity index (χ4v) is 2.85. The fraction of sp³-hybridized carbons (Fsp3) is 0.222. The summed E-state index contributed by atoms with van der Waals surface area (Å²) in [6.07, 6.45) is 2.16. The molecule has 0 radical (unpaired) electrons. The lowest BCUT2D eigenvalue weighted by Crippen LogP contribution is -2.22. The monoisotopic (exact) mass is 327 g/mol. The van der Waals surface area contributed by atoms with Crippen LogP contribution in [-0.2, 0) is 0 Å². The molecular weight excluding hydrogens is 309 g/mol. The minimum absolute atomic E-state index is 0.215. The molecule has 0 unspecified atom stereocenters. The van der Waals surface area contributed by atoms with Gasteiger partial charge >= 0.3 is 0 Å². The lowest BCUT2D eigenvalue weighted by Gasteiger charge is -2.22. The number of anilines is 2. The van der Waals surface area contributed by atoms with E-state index in [1.54, 1.807) is 18.2 Å². The molecule has 2 aromatic carbocycles. The summed E-state index contributed by atoms with van der Waals surface area (Å²) in [5.74, 6) is -1.48. The predicted molar refractivity (Wildman–Crippen MR) is 90.8 cm³/mol. The highest BCUT2D eigenvalue weighted by atomic mass is 19.1. The van der Waals surface area contributed by atoms with Crippen LogP contribution in [0.1, 0.15) is 33.6 Å². The molecule has 6 heteroatoms. The highest BCUT2D eigenvalue weighted by molar-refractivity contribution is 6.07. The molecule has 1 aliphatic rings. The lowest BCUT2D eigenvalue weighted by atomic mass is 10.1. The molecule has 24 heavy (non-hydrogen) atoms. The van der Waals surface area contributed by atoms with Crippen molar-refractivity contribution in [2.75, 3.05) is 23.3 Å².